The quantitative estimate of drug-likeness (QED) is 0.793. The first-order chi connectivity index (χ1) is 11.6. The van der Waals surface area contributed by atoms with Gasteiger partial charge in [0.25, 0.3) is 5.91 Å². The highest BCUT2D eigenvalue weighted by Gasteiger charge is 2.11. The van der Waals surface area contributed by atoms with Gasteiger partial charge in [0, 0.05) is 23.7 Å². The number of nitrogens with zero attached hydrogens (tertiary/aromatic N) is 2. The number of amides is 1. The summed E-state index contributed by atoms with van der Waals surface area (Å²) in [5.41, 5.74) is 3.01. The van der Waals surface area contributed by atoms with E-state index < -0.39 is 0 Å². The second kappa shape index (κ2) is 6.54. The predicted octanol–water partition coefficient (Wildman–Crippen LogP) is 3.61. The highest BCUT2D eigenvalue weighted by atomic mass is 16.5. The van der Waals surface area contributed by atoms with E-state index in [-0.39, 0.29) is 5.91 Å². The zero-order valence-electron chi connectivity index (χ0n) is 13.7. The molecule has 0 atom stereocenters. The summed E-state index contributed by atoms with van der Waals surface area (Å²) in [5.74, 6) is 1.49. The number of aryl methyl sites for hydroxylation is 2. The van der Waals surface area contributed by atoms with Crippen molar-refractivity contribution >= 4 is 11.6 Å². The molecular weight excluding hydrogens is 306 g/mol. The first kappa shape index (κ1) is 15.7. The monoisotopic (exact) mass is 323 g/mol. The van der Waals surface area contributed by atoms with Gasteiger partial charge < -0.3 is 14.6 Å². The molecule has 1 amide bonds. The number of hydrogen-bond donors (Lipinski definition) is 1. The van der Waals surface area contributed by atoms with E-state index in [4.69, 9.17) is 9.26 Å². The molecular formula is C18H17N3O3. The first-order valence-corrected chi connectivity index (χ1v) is 7.43. The van der Waals surface area contributed by atoms with Crippen molar-refractivity contribution in [1.29, 1.82) is 0 Å². The smallest absolute Gasteiger partial charge is 0.255 e. The predicted molar refractivity (Wildman–Crippen MR) is 90.2 cm³/mol. The Hall–Kier alpha value is -3.15. The number of ether oxygens (including phenoxy) is 1. The molecule has 0 saturated heterocycles. The molecule has 3 rings (SSSR count). The van der Waals surface area contributed by atoms with Gasteiger partial charge >= 0.3 is 0 Å². The third-order valence-corrected chi connectivity index (χ3v) is 3.59. The molecule has 1 N–H and O–H groups in total. The maximum Gasteiger partial charge on any atom is 0.255 e. The van der Waals surface area contributed by atoms with Gasteiger partial charge in [0.1, 0.15) is 5.75 Å². The lowest BCUT2D eigenvalue weighted by atomic mass is 10.1. The van der Waals surface area contributed by atoms with Gasteiger partial charge in [-0.1, -0.05) is 11.2 Å². The summed E-state index contributed by atoms with van der Waals surface area (Å²) in [4.78, 5) is 16.6. The van der Waals surface area contributed by atoms with E-state index in [0.717, 1.165) is 16.8 Å². The number of methoxy groups -OCH3 is 1. The minimum atomic E-state index is -0.194. The van der Waals surface area contributed by atoms with Crippen LogP contribution in [0.5, 0.6) is 5.75 Å². The fourth-order valence-electron chi connectivity index (χ4n) is 2.32. The summed E-state index contributed by atoms with van der Waals surface area (Å²) in [5, 5.41) is 6.80. The molecule has 0 aliphatic rings. The van der Waals surface area contributed by atoms with Crippen LogP contribution in [0.2, 0.25) is 0 Å². The van der Waals surface area contributed by atoms with Crippen molar-refractivity contribution in [3.05, 3.63) is 59.5 Å². The molecule has 6 nitrogen and oxygen atoms in total. The Kier molecular flexibility index (Phi) is 4.29. The number of aromatic nitrogens is 2. The number of benzene rings is 2. The maximum absolute atomic E-state index is 12.4. The topological polar surface area (TPSA) is 77.2 Å². The van der Waals surface area contributed by atoms with E-state index in [1.807, 2.05) is 25.1 Å². The van der Waals surface area contributed by atoms with Crippen LogP contribution in [0.4, 0.5) is 5.69 Å². The van der Waals surface area contributed by atoms with Crippen molar-refractivity contribution < 1.29 is 14.1 Å². The van der Waals surface area contributed by atoms with Crippen molar-refractivity contribution in [2.24, 2.45) is 0 Å². The normalized spacial score (nSPS) is 10.5. The molecule has 0 unspecified atom stereocenters. The first-order valence-electron chi connectivity index (χ1n) is 7.43. The molecule has 2 aromatic carbocycles. The Bertz CT molecular complexity index is 887. The summed E-state index contributed by atoms with van der Waals surface area (Å²) in [7, 11) is 1.57. The maximum atomic E-state index is 12.4. The molecule has 0 radical (unpaired) electrons. The van der Waals surface area contributed by atoms with Gasteiger partial charge in [-0.2, -0.15) is 4.98 Å². The SMILES string of the molecule is COc1cccc(C(=O)Nc2ccc(-c3noc(C)n3)cc2C)c1. The summed E-state index contributed by atoms with van der Waals surface area (Å²) in [6, 6.07) is 12.6. The van der Waals surface area contributed by atoms with E-state index in [2.05, 4.69) is 15.5 Å². The molecule has 1 aromatic heterocycles. The molecule has 1 heterocycles. The summed E-state index contributed by atoms with van der Waals surface area (Å²) < 4.78 is 10.1. The summed E-state index contributed by atoms with van der Waals surface area (Å²) in [6.07, 6.45) is 0. The molecule has 0 bridgehead atoms. The van der Waals surface area contributed by atoms with Crippen LogP contribution in [0, 0.1) is 13.8 Å². The van der Waals surface area contributed by atoms with E-state index in [9.17, 15) is 4.79 Å². The van der Waals surface area contributed by atoms with Crippen molar-refractivity contribution in [2.45, 2.75) is 13.8 Å². The standard InChI is InChI=1S/C18H17N3O3/c1-11-9-13(17-19-12(2)24-21-17)7-8-16(11)20-18(22)14-5-4-6-15(10-14)23-3/h4-10H,1-3H3,(H,20,22). The van der Waals surface area contributed by atoms with Crippen molar-refractivity contribution in [3.8, 4) is 17.1 Å². The number of anilines is 1. The molecule has 6 heteroatoms. The molecule has 0 fully saturated rings. The summed E-state index contributed by atoms with van der Waals surface area (Å²) in [6.45, 7) is 3.66. The zero-order valence-corrected chi connectivity index (χ0v) is 13.7. The molecule has 3 aromatic rings. The lowest BCUT2D eigenvalue weighted by Gasteiger charge is -2.10. The van der Waals surface area contributed by atoms with Crippen LogP contribution in [-0.4, -0.2) is 23.2 Å². The number of carbonyl (C=O) groups is 1. The van der Waals surface area contributed by atoms with Gasteiger partial charge in [-0.15, -0.1) is 0 Å². The van der Waals surface area contributed by atoms with Gasteiger partial charge in [0.15, 0.2) is 0 Å². The zero-order chi connectivity index (χ0) is 17.1. The second-order valence-electron chi connectivity index (χ2n) is 5.35. The van der Waals surface area contributed by atoms with Gasteiger partial charge in [-0.05, 0) is 48.9 Å². The molecule has 122 valence electrons. The molecule has 24 heavy (non-hydrogen) atoms. The van der Waals surface area contributed by atoms with E-state index >= 15 is 0 Å². The Morgan fingerprint density at radius 3 is 2.67 bits per heavy atom. The fraction of sp³-hybridized carbons (Fsp3) is 0.167. The lowest BCUT2D eigenvalue weighted by Crippen LogP contribution is -2.12. The van der Waals surface area contributed by atoms with E-state index in [1.165, 1.54) is 0 Å². The number of carbonyl (C=O) groups excluding carboxylic acids is 1. The highest BCUT2D eigenvalue weighted by molar-refractivity contribution is 6.05. The Morgan fingerprint density at radius 1 is 1.17 bits per heavy atom. The number of rotatable bonds is 4. The average molecular weight is 323 g/mol. The lowest BCUT2D eigenvalue weighted by molar-refractivity contribution is 0.102. The molecule has 0 spiro atoms. The second-order valence-corrected chi connectivity index (χ2v) is 5.35. The van der Waals surface area contributed by atoms with Crippen LogP contribution >= 0.6 is 0 Å². The number of nitrogens with one attached hydrogen (secondary N) is 1. The third kappa shape index (κ3) is 3.27. The van der Waals surface area contributed by atoms with E-state index in [0.29, 0.717) is 23.0 Å². The third-order valence-electron chi connectivity index (χ3n) is 3.59. The van der Waals surface area contributed by atoms with Crippen LogP contribution < -0.4 is 10.1 Å². The number of hydrogen-bond acceptors (Lipinski definition) is 5. The minimum absolute atomic E-state index is 0.194. The van der Waals surface area contributed by atoms with Gasteiger partial charge in [0.05, 0.1) is 7.11 Å². The fourth-order valence-corrected chi connectivity index (χ4v) is 2.32. The Labute approximate surface area is 139 Å². The Balaban J connectivity index is 1.81. The van der Waals surface area contributed by atoms with Crippen molar-refractivity contribution in [1.82, 2.24) is 10.1 Å². The summed E-state index contributed by atoms with van der Waals surface area (Å²) >= 11 is 0. The van der Waals surface area contributed by atoms with E-state index in [1.54, 1.807) is 38.3 Å². The van der Waals surface area contributed by atoms with Crippen molar-refractivity contribution in [2.75, 3.05) is 12.4 Å². The van der Waals surface area contributed by atoms with Crippen molar-refractivity contribution in [3.63, 3.8) is 0 Å². The molecule has 0 aliphatic heterocycles. The average Bonchev–Trinajstić information content (AvgIpc) is 3.03. The van der Waals surface area contributed by atoms with Gasteiger partial charge in [-0.25, -0.2) is 0 Å². The highest BCUT2D eigenvalue weighted by Crippen LogP contribution is 2.23. The van der Waals surface area contributed by atoms with Crippen LogP contribution in [0.25, 0.3) is 11.4 Å². The van der Waals surface area contributed by atoms with Crippen LogP contribution in [0.3, 0.4) is 0 Å². The van der Waals surface area contributed by atoms with Gasteiger partial charge in [-0.3, -0.25) is 4.79 Å². The van der Waals surface area contributed by atoms with Gasteiger partial charge in [0.2, 0.25) is 11.7 Å². The molecule has 0 saturated carbocycles. The minimum Gasteiger partial charge on any atom is -0.497 e. The van der Waals surface area contributed by atoms with Crippen LogP contribution in [0.15, 0.2) is 47.0 Å². The molecule has 0 aliphatic carbocycles. The Morgan fingerprint density at radius 2 is 2.00 bits per heavy atom. The largest absolute Gasteiger partial charge is 0.497 e. The van der Waals surface area contributed by atoms with Crippen LogP contribution in [-0.2, 0) is 0 Å². The van der Waals surface area contributed by atoms with Crippen LogP contribution in [0.1, 0.15) is 21.8 Å².